The Bertz CT molecular complexity index is 327. The first-order chi connectivity index (χ1) is 9.21. The molecule has 0 saturated heterocycles. The molecule has 0 saturated carbocycles. The highest BCUT2D eigenvalue weighted by molar-refractivity contribution is 6.74. The van der Waals surface area contributed by atoms with Crippen molar-refractivity contribution in [3.63, 3.8) is 0 Å². The summed E-state index contributed by atoms with van der Waals surface area (Å²) in [6.45, 7) is 27.4. The molecule has 0 heterocycles. The van der Waals surface area contributed by atoms with Crippen molar-refractivity contribution in [3.05, 3.63) is 12.7 Å². The minimum atomic E-state index is -1.69. The molecule has 0 radical (unpaired) electrons. The highest BCUT2D eigenvalue weighted by atomic mass is 28.4. The first kappa shape index (κ1) is 21.1. The standard InChI is InChI=1S/C17H38O2Si2/c1-12-14(2)16(19-20(7,8)9)15(3)13-18-21(10,11)17(4,5)6/h12,14-16H,1,13H2,2-11H3/t14-,15-,16+/m1/s1. The fourth-order valence-electron chi connectivity index (χ4n) is 1.94. The quantitative estimate of drug-likeness (QED) is 0.420. The van der Waals surface area contributed by atoms with Gasteiger partial charge in [0.25, 0.3) is 0 Å². The summed E-state index contributed by atoms with van der Waals surface area (Å²) in [6, 6.07) is 0. The van der Waals surface area contributed by atoms with Crippen LogP contribution in [0.1, 0.15) is 34.6 Å². The highest BCUT2D eigenvalue weighted by Crippen LogP contribution is 2.37. The Balaban J connectivity index is 4.84. The van der Waals surface area contributed by atoms with Crippen molar-refractivity contribution in [2.75, 3.05) is 6.61 Å². The van der Waals surface area contributed by atoms with Gasteiger partial charge in [-0.1, -0.05) is 40.7 Å². The lowest BCUT2D eigenvalue weighted by Gasteiger charge is -2.39. The second kappa shape index (κ2) is 7.58. The van der Waals surface area contributed by atoms with Gasteiger partial charge in [-0.25, -0.2) is 0 Å². The van der Waals surface area contributed by atoms with Gasteiger partial charge in [0.15, 0.2) is 16.6 Å². The van der Waals surface area contributed by atoms with Crippen LogP contribution in [0.5, 0.6) is 0 Å². The van der Waals surface area contributed by atoms with E-state index < -0.39 is 16.6 Å². The van der Waals surface area contributed by atoms with Gasteiger partial charge in [0.1, 0.15) is 0 Å². The Morgan fingerprint density at radius 3 is 1.86 bits per heavy atom. The molecule has 0 unspecified atom stereocenters. The van der Waals surface area contributed by atoms with Gasteiger partial charge in [0.2, 0.25) is 0 Å². The molecule has 0 aromatic heterocycles. The van der Waals surface area contributed by atoms with E-state index in [1.54, 1.807) is 0 Å². The van der Waals surface area contributed by atoms with E-state index in [1.165, 1.54) is 0 Å². The molecule has 21 heavy (non-hydrogen) atoms. The van der Waals surface area contributed by atoms with Crippen molar-refractivity contribution in [2.24, 2.45) is 11.8 Å². The van der Waals surface area contributed by atoms with Crippen LogP contribution in [0, 0.1) is 11.8 Å². The van der Waals surface area contributed by atoms with Crippen LogP contribution in [0.4, 0.5) is 0 Å². The Labute approximate surface area is 135 Å². The van der Waals surface area contributed by atoms with Crippen LogP contribution >= 0.6 is 0 Å². The zero-order valence-electron chi connectivity index (χ0n) is 16.0. The predicted molar refractivity (Wildman–Crippen MR) is 99.9 cm³/mol. The van der Waals surface area contributed by atoms with Crippen molar-refractivity contribution < 1.29 is 8.85 Å². The molecule has 0 aromatic carbocycles. The Morgan fingerprint density at radius 1 is 1.05 bits per heavy atom. The molecule has 4 heteroatoms. The summed E-state index contributed by atoms with van der Waals surface area (Å²) in [7, 11) is -3.25. The van der Waals surface area contributed by atoms with Crippen LogP contribution in [-0.2, 0) is 8.85 Å². The number of rotatable bonds is 8. The van der Waals surface area contributed by atoms with E-state index in [-0.39, 0.29) is 11.1 Å². The monoisotopic (exact) mass is 330 g/mol. The van der Waals surface area contributed by atoms with Gasteiger partial charge >= 0.3 is 0 Å². The third kappa shape index (κ3) is 7.26. The van der Waals surface area contributed by atoms with E-state index in [0.29, 0.717) is 11.8 Å². The van der Waals surface area contributed by atoms with Gasteiger partial charge in [-0.05, 0) is 43.7 Å². The molecule has 126 valence electrons. The van der Waals surface area contributed by atoms with E-state index in [0.717, 1.165) is 6.61 Å². The zero-order valence-corrected chi connectivity index (χ0v) is 18.0. The summed E-state index contributed by atoms with van der Waals surface area (Å²) >= 11 is 0. The molecule has 3 atom stereocenters. The minimum absolute atomic E-state index is 0.207. The zero-order chi connectivity index (χ0) is 17.1. The lowest BCUT2D eigenvalue weighted by Crippen LogP contribution is -2.45. The molecule has 0 amide bonds. The van der Waals surface area contributed by atoms with Crippen molar-refractivity contribution in [1.82, 2.24) is 0 Å². The molecule has 0 aromatic rings. The fourth-order valence-corrected chi connectivity index (χ4v) is 4.31. The Morgan fingerprint density at radius 2 is 1.52 bits per heavy atom. The topological polar surface area (TPSA) is 18.5 Å². The number of hydrogen-bond donors (Lipinski definition) is 0. The minimum Gasteiger partial charge on any atom is -0.416 e. The summed E-state index contributed by atoms with van der Waals surface area (Å²) < 4.78 is 12.8. The van der Waals surface area contributed by atoms with Crippen molar-refractivity contribution in [2.45, 2.75) is 78.5 Å². The predicted octanol–water partition coefficient (Wildman–Crippen LogP) is 5.69. The lowest BCUT2D eigenvalue weighted by molar-refractivity contribution is 0.0685. The first-order valence-corrected chi connectivity index (χ1v) is 14.5. The summed E-state index contributed by atoms with van der Waals surface area (Å²) in [6.07, 6.45) is 2.21. The van der Waals surface area contributed by atoms with Gasteiger partial charge in [-0.15, -0.1) is 6.58 Å². The summed E-state index contributed by atoms with van der Waals surface area (Å²) in [5.74, 6) is 0.744. The second-order valence-corrected chi connectivity index (χ2v) is 18.1. The lowest BCUT2D eigenvalue weighted by atomic mass is 9.94. The van der Waals surface area contributed by atoms with Gasteiger partial charge in [-0.3, -0.25) is 0 Å². The maximum atomic E-state index is 6.41. The maximum Gasteiger partial charge on any atom is 0.191 e. The van der Waals surface area contributed by atoms with Gasteiger partial charge in [-0.2, -0.15) is 0 Å². The molecule has 0 aliphatic heterocycles. The fraction of sp³-hybridized carbons (Fsp3) is 0.882. The van der Waals surface area contributed by atoms with Crippen LogP contribution < -0.4 is 0 Å². The molecular weight excluding hydrogens is 292 g/mol. The van der Waals surface area contributed by atoms with Crippen molar-refractivity contribution in [1.29, 1.82) is 0 Å². The third-order valence-electron chi connectivity index (χ3n) is 4.45. The summed E-state index contributed by atoms with van der Waals surface area (Å²) in [5.41, 5.74) is 0. The molecule has 2 nitrogen and oxygen atoms in total. The van der Waals surface area contributed by atoms with Crippen LogP contribution in [0.25, 0.3) is 0 Å². The summed E-state index contributed by atoms with van der Waals surface area (Å²) in [5, 5.41) is 0.256. The van der Waals surface area contributed by atoms with E-state index in [2.05, 4.69) is 73.9 Å². The largest absolute Gasteiger partial charge is 0.416 e. The van der Waals surface area contributed by atoms with E-state index >= 15 is 0 Å². The molecule has 0 rings (SSSR count). The third-order valence-corrected chi connectivity index (χ3v) is 9.93. The molecule has 0 spiro atoms. The maximum absolute atomic E-state index is 6.41. The molecule has 0 aliphatic carbocycles. The van der Waals surface area contributed by atoms with E-state index in [9.17, 15) is 0 Å². The van der Waals surface area contributed by atoms with Gasteiger partial charge < -0.3 is 8.85 Å². The smallest absolute Gasteiger partial charge is 0.191 e. The molecule has 0 fully saturated rings. The molecule has 0 N–H and O–H groups in total. The Hall–Kier alpha value is 0.0938. The summed E-state index contributed by atoms with van der Waals surface area (Å²) in [4.78, 5) is 0. The van der Waals surface area contributed by atoms with E-state index in [1.807, 2.05) is 6.08 Å². The molecule has 0 aliphatic rings. The van der Waals surface area contributed by atoms with Crippen molar-refractivity contribution >= 4 is 16.6 Å². The second-order valence-electron chi connectivity index (χ2n) is 8.84. The van der Waals surface area contributed by atoms with Crippen LogP contribution in [0.2, 0.25) is 37.8 Å². The molecule has 0 bridgehead atoms. The van der Waals surface area contributed by atoms with Crippen LogP contribution in [-0.4, -0.2) is 29.3 Å². The van der Waals surface area contributed by atoms with Gasteiger partial charge in [0, 0.05) is 12.5 Å². The Kier molecular flexibility index (Phi) is 7.61. The van der Waals surface area contributed by atoms with Crippen LogP contribution in [0.3, 0.4) is 0 Å². The highest BCUT2D eigenvalue weighted by Gasteiger charge is 2.38. The van der Waals surface area contributed by atoms with Gasteiger partial charge in [0.05, 0.1) is 6.10 Å². The van der Waals surface area contributed by atoms with E-state index in [4.69, 9.17) is 8.85 Å². The average molecular weight is 331 g/mol. The first-order valence-electron chi connectivity index (χ1n) is 8.15. The number of hydrogen-bond acceptors (Lipinski definition) is 2. The average Bonchev–Trinajstić information content (AvgIpc) is 2.29. The SMILES string of the molecule is C=C[C@@H](C)[C@H](O[Si](C)(C)C)[C@H](C)CO[Si](C)(C)C(C)(C)C. The van der Waals surface area contributed by atoms with Crippen molar-refractivity contribution in [3.8, 4) is 0 Å². The van der Waals surface area contributed by atoms with Crippen LogP contribution in [0.15, 0.2) is 12.7 Å². The normalized spacial score (nSPS) is 18.2. The molecular formula is C17H38O2Si2.